The lowest BCUT2D eigenvalue weighted by molar-refractivity contribution is -0.123. The van der Waals surface area contributed by atoms with Gasteiger partial charge in [-0.05, 0) is 43.5 Å². The molecule has 0 aliphatic carbocycles. The van der Waals surface area contributed by atoms with Crippen LogP contribution in [-0.4, -0.2) is 19.0 Å². The lowest BCUT2D eigenvalue weighted by Crippen LogP contribution is -2.29. The van der Waals surface area contributed by atoms with Gasteiger partial charge in [-0.2, -0.15) is 0 Å². The first kappa shape index (κ1) is 13.9. The molecule has 3 nitrogen and oxygen atoms in total. The second kappa shape index (κ2) is 5.64. The Morgan fingerprint density at radius 1 is 1.05 bits per heavy atom. The van der Waals surface area contributed by atoms with E-state index in [1.54, 1.807) is 0 Å². The van der Waals surface area contributed by atoms with E-state index in [0.29, 0.717) is 0 Å². The van der Waals surface area contributed by atoms with Crippen LogP contribution in [0.1, 0.15) is 40.0 Å². The zero-order valence-electron chi connectivity index (χ0n) is 12.2. The van der Waals surface area contributed by atoms with Crippen LogP contribution in [0.15, 0.2) is 24.3 Å². The monoisotopic (exact) mass is 260 g/mol. The molecule has 1 saturated heterocycles. The number of hydrogen-bond acceptors (Lipinski definition) is 2. The Hall–Kier alpha value is -1.51. The molecule has 0 unspecified atom stereocenters. The number of rotatable bonds is 2. The van der Waals surface area contributed by atoms with E-state index in [0.717, 1.165) is 18.8 Å². The van der Waals surface area contributed by atoms with E-state index >= 15 is 0 Å². The normalized spacial score (nSPS) is 16.3. The first-order valence-electron chi connectivity index (χ1n) is 7.13. The quantitative estimate of drug-likeness (QED) is 0.880. The Morgan fingerprint density at radius 3 is 2.16 bits per heavy atom. The molecule has 1 aliphatic heterocycles. The second-order valence-corrected chi connectivity index (χ2v) is 6.30. The zero-order chi connectivity index (χ0) is 13.9. The molecule has 19 heavy (non-hydrogen) atoms. The molecule has 0 spiro atoms. The van der Waals surface area contributed by atoms with Crippen molar-refractivity contribution in [2.45, 2.75) is 40.0 Å². The minimum absolute atomic E-state index is 0.0539. The summed E-state index contributed by atoms with van der Waals surface area (Å²) in [6.07, 6.45) is 3.90. The number of carbonyl (C=O) groups is 1. The van der Waals surface area contributed by atoms with Crippen molar-refractivity contribution in [3.8, 4) is 0 Å². The molecule has 1 heterocycles. The molecule has 0 atom stereocenters. The maximum Gasteiger partial charge on any atom is 0.229 e. The molecular formula is C16H24N2O. The SMILES string of the molecule is CC(C)(C)C(=O)Nc1ccc(N2CCCCC2)cc1. The van der Waals surface area contributed by atoms with E-state index in [-0.39, 0.29) is 11.3 Å². The molecule has 2 rings (SSSR count). The highest BCUT2D eigenvalue weighted by molar-refractivity contribution is 5.94. The van der Waals surface area contributed by atoms with Crippen LogP contribution < -0.4 is 10.2 Å². The Balaban J connectivity index is 2.00. The molecule has 0 radical (unpaired) electrons. The van der Waals surface area contributed by atoms with Crippen molar-refractivity contribution in [3.05, 3.63) is 24.3 Å². The Kier molecular flexibility index (Phi) is 4.13. The van der Waals surface area contributed by atoms with Crippen molar-refractivity contribution in [1.82, 2.24) is 0 Å². The predicted molar refractivity (Wildman–Crippen MR) is 80.6 cm³/mol. The number of nitrogens with one attached hydrogen (secondary N) is 1. The molecule has 1 N–H and O–H groups in total. The van der Waals surface area contributed by atoms with Crippen LogP contribution in [0.5, 0.6) is 0 Å². The molecule has 3 heteroatoms. The Bertz CT molecular complexity index is 425. The van der Waals surface area contributed by atoms with Gasteiger partial charge in [-0.25, -0.2) is 0 Å². The summed E-state index contributed by atoms with van der Waals surface area (Å²) in [6.45, 7) is 8.06. The summed E-state index contributed by atoms with van der Waals surface area (Å²) in [5.74, 6) is 0.0539. The van der Waals surface area contributed by atoms with Gasteiger partial charge >= 0.3 is 0 Å². The minimum Gasteiger partial charge on any atom is -0.372 e. The molecule has 0 aromatic heterocycles. The standard InChI is InChI=1S/C16H24N2O/c1-16(2,3)15(19)17-13-7-9-14(10-8-13)18-11-5-4-6-12-18/h7-10H,4-6,11-12H2,1-3H3,(H,17,19). The number of hydrogen-bond donors (Lipinski definition) is 1. The maximum absolute atomic E-state index is 11.9. The lowest BCUT2D eigenvalue weighted by Gasteiger charge is -2.29. The smallest absolute Gasteiger partial charge is 0.229 e. The van der Waals surface area contributed by atoms with Gasteiger partial charge in [0.2, 0.25) is 5.91 Å². The van der Waals surface area contributed by atoms with Gasteiger partial charge in [0.25, 0.3) is 0 Å². The van der Waals surface area contributed by atoms with E-state index < -0.39 is 0 Å². The van der Waals surface area contributed by atoms with E-state index in [9.17, 15) is 4.79 Å². The van der Waals surface area contributed by atoms with Gasteiger partial charge in [-0.3, -0.25) is 4.79 Å². The highest BCUT2D eigenvalue weighted by atomic mass is 16.2. The zero-order valence-corrected chi connectivity index (χ0v) is 12.2. The second-order valence-electron chi connectivity index (χ2n) is 6.30. The number of carbonyl (C=O) groups excluding carboxylic acids is 1. The largest absolute Gasteiger partial charge is 0.372 e. The van der Waals surface area contributed by atoms with Crippen molar-refractivity contribution in [1.29, 1.82) is 0 Å². The van der Waals surface area contributed by atoms with Crippen molar-refractivity contribution in [3.63, 3.8) is 0 Å². The lowest BCUT2D eigenvalue weighted by atomic mass is 9.95. The molecule has 0 bridgehead atoms. The molecular weight excluding hydrogens is 236 g/mol. The number of piperidine rings is 1. The molecule has 0 saturated carbocycles. The first-order valence-corrected chi connectivity index (χ1v) is 7.13. The Labute approximate surface area is 116 Å². The first-order chi connectivity index (χ1) is 8.97. The molecule has 1 amide bonds. The highest BCUT2D eigenvalue weighted by Gasteiger charge is 2.21. The summed E-state index contributed by atoms with van der Waals surface area (Å²) >= 11 is 0. The average Bonchev–Trinajstić information content (AvgIpc) is 2.39. The fourth-order valence-electron chi connectivity index (χ4n) is 2.23. The molecule has 104 valence electrons. The van der Waals surface area contributed by atoms with Crippen LogP contribution in [0.3, 0.4) is 0 Å². The van der Waals surface area contributed by atoms with Gasteiger partial charge in [0.1, 0.15) is 0 Å². The summed E-state index contributed by atoms with van der Waals surface area (Å²) in [5.41, 5.74) is 1.78. The molecule has 1 fully saturated rings. The Morgan fingerprint density at radius 2 is 1.63 bits per heavy atom. The third-order valence-corrected chi connectivity index (χ3v) is 3.53. The van der Waals surface area contributed by atoms with Crippen LogP contribution in [0, 0.1) is 5.41 Å². The van der Waals surface area contributed by atoms with Crippen molar-refractivity contribution in [2.24, 2.45) is 5.41 Å². The summed E-state index contributed by atoms with van der Waals surface area (Å²) in [5, 5.41) is 2.95. The van der Waals surface area contributed by atoms with E-state index in [1.807, 2.05) is 32.9 Å². The minimum atomic E-state index is -0.356. The van der Waals surface area contributed by atoms with E-state index in [1.165, 1.54) is 24.9 Å². The summed E-state index contributed by atoms with van der Waals surface area (Å²) in [7, 11) is 0. The van der Waals surface area contributed by atoms with E-state index in [4.69, 9.17) is 0 Å². The van der Waals surface area contributed by atoms with Crippen LogP contribution in [0.2, 0.25) is 0 Å². The van der Waals surface area contributed by atoms with Crippen molar-refractivity contribution < 1.29 is 4.79 Å². The van der Waals surface area contributed by atoms with Crippen LogP contribution >= 0.6 is 0 Å². The van der Waals surface area contributed by atoms with Crippen LogP contribution in [0.4, 0.5) is 11.4 Å². The number of nitrogens with zero attached hydrogens (tertiary/aromatic N) is 1. The predicted octanol–water partition coefficient (Wildman–Crippen LogP) is 3.66. The summed E-state index contributed by atoms with van der Waals surface area (Å²) in [4.78, 5) is 14.3. The summed E-state index contributed by atoms with van der Waals surface area (Å²) in [6, 6.07) is 8.19. The fourth-order valence-corrected chi connectivity index (χ4v) is 2.23. The number of benzene rings is 1. The van der Waals surface area contributed by atoms with Crippen molar-refractivity contribution >= 4 is 17.3 Å². The third kappa shape index (κ3) is 3.72. The molecule has 1 aromatic rings. The maximum atomic E-state index is 11.9. The third-order valence-electron chi connectivity index (χ3n) is 3.53. The van der Waals surface area contributed by atoms with Gasteiger partial charge in [-0.1, -0.05) is 20.8 Å². The van der Waals surface area contributed by atoms with Gasteiger partial charge in [0.15, 0.2) is 0 Å². The highest BCUT2D eigenvalue weighted by Crippen LogP contribution is 2.23. The number of anilines is 2. The topological polar surface area (TPSA) is 32.3 Å². The molecule has 1 aromatic carbocycles. The van der Waals surface area contributed by atoms with Gasteiger partial charge in [0.05, 0.1) is 0 Å². The fraction of sp³-hybridized carbons (Fsp3) is 0.562. The molecule has 1 aliphatic rings. The van der Waals surface area contributed by atoms with Gasteiger partial charge in [0, 0.05) is 29.9 Å². The summed E-state index contributed by atoms with van der Waals surface area (Å²) < 4.78 is 0. The van der Waals surface area contributed by atoms with Crippen molar-refractivity contribution in [2.75, 3.05) is 23.3 Å². The van der Waals surface area contributed by atoms with E-state index in [2.05, 4.69) is 22.3 Å². The van der Waals surface area contributed by atoms with Gasteiger partial charge in [-0.15, -0.1) is 0 Å². The van der Waals surface area contributed by atoms with Gasteiger partial charge < -0.3 is 10.2 Å². The number of amides is 1. The average molecular weight is 260 g/mol. The van der Waals surface area contributed by atoms with Crippen LogP contribution in [0.25, 0.3) is 0 Å². The van der Waals surface area contributed by atoms with Crippen LogP contribution in [-0.2, 0) is 4.79 Å².